The summed E-state index contributed by atoms with van der Waals surface area (Å²) in [5.74, 6) is -2.08. The molecule has 0 spiro atoms. The number of benzene rings is 1. The monoisotopic (exact) mass is 318 g/mol. The first-order valence-corrected chi connectivity index (χ1v) is 6.78. The molecule has 5 nitrogen and oxygen atoms in total. The molecule has 0 saturated carbocycles. The molecule has 0 heterocycles. The predicted octanol–water partition coefficient (Wildman–Crippen LogP) is 2.30. The lowest BCUT2D eigenvalue weighted by molar-refractivity contribution is -0.274. The largest absolute Gasteiger partial charge is 0.573 e. The van der Waals surface area contributed by atoms with E-state index in [2.05, 4.69) is 9.47 Å². The molecule has 0 aliphatic heterocycles. The van der Waals surface area contributed by atoms with Crippen LogP contribution < -0.4 is 4.74 Å². The number of esters is 1. The highest BCUT2D eigenvalue weighted by atomic mass is 35.7. The molecule has 0 bridgehead atoms. The first kappa shape index (κ1) is 15.6. The Hall–Kier alpha value is -1.48. The van der Waals surface area contributed by atoms with Crippen LogP contribution in [0.5, 0.6) is 5.75 Å². The van der Waals surface area contributed by atoms with E-state index in [1.54, 1.807) is 0 Å². The van der Waals surface area contributed by atoms with Crippen LogP contribution in [0.1, 0.15) is 10.4 Å². The van der Waals surface area contributed by atoms with Crippen LogP contribution in [0.4, 0.5) is 13.2 Å². The molecule has 1 rings (SSSR count). The lowest BCUT2D eigenvalue weighted by atomic mass is 10.2. The van der Waals surface area contributed by atoms with Gasteiger partial charge in [-0.1, -0.05) is 0 Å². The zero-order valence-corrected chi connectivity index (χ0v) is 10.8. The standard InChI is InChI=1S/C9H6ClF3O5S/c1-17-8(14)6-4-5(19(10,15)16)2-3-7(6)18-9(11,12)13/h2-4H,1H3. The van der Waals surface area contributed by atoms with Gasteiger partial charge in [-0.05, 0) is 18.2 Å². The third-order valence-corrected chi connectivity index (χ3v) is 3.22. The van der Waals surface area contributed by atoms with E-state index in [1.807, 2.05) is 0 Å². The van der Waals surface area contributed by atoms with E-state index in [1.165, 1.54) is 0 Å². The molecule has 1 aromatic rings. The Balaban J connectivity index is 3.37. The van der Waals surface area contributed by atoms with Crippen LogP contribution in [0.2, 0.25) is 0 Å². The quantitative estimate of drug-likeness (QED) is 0.632. The van der Waals surface area contributed by atoms with Crippen molar-refractivity contribution in [2.75, 3.05) is 7.11 Å². The summed E-state index contributed by atoms with van der Waals surface area (Å²) >= 11 is 0. The van der Waals surface area contributed by atoms with Crippen molar-refractivity contribution in [1.82, 2.24) is 0 Å². The summed E-state index contributed by atoms with van der Waals surface area (Å²) < 4.78 is 66.2. The summed E-state index contributed by atoms with van der Waals surface area (Å²) in [7, 11) is 1.74. The van der Waals surface area contributed by atoms with Gasteiger partial charge in [-0.3, -0.25) is 0 Å². The number of rotatable bonds is 3. The van der Waals surface area contributed by atoms with Gasteiger partial charge in [0.1, 0.15) is 11.3 Å². The normalized spacial score (nSPS) is 12.1. The third-order valence-electron chi connectivity index (χ3n) is 1.86. The van der Waals surface area contributed by atoms with Crippen molar-refractivity contribution in [2.45, 2.75) is 11.3 Å². The minimum Gasteiger partial charge on any atom is -0.465 e. The van der Waals surface area contributed by atoms with Gasteiger partial charge in [0.15, 0.2) is 0 Å². The van der Waals surface area contributed by atoms with Crippen molar-refractivity contribution in [1.29, 1.82) is 0 Å². The Labute approximate surface area is 110 Å². The Morgan fingerprint density at radius 3 is 2.32 bits per heavy atom. The van der Waals surface area contributed by atoms with Crippen molar-refractivity contribution in [3.8, 4) is 5.75 Å². The zero-order valence-electron chi connectivity index (χ0n) is 9.19. The fraction of sp³-hybridized carbons (Fsp3) is 0.222. The van der Waals surface area contributed by atoms with Gasteiger partial charge in [0.2, 0.25) is 0 Å². The number of carbonyl (C=O) groups excluding carboxylic acids is 1. The molecular weight excluding hydrogens is 313 g/mol. The number of hydrogen-bond acceptors (Lipinski definition) is 5. The maximum absolute atomic E-state index is 12.1. The molecule has 0 aromatic heterocycles. The van der Waals surface area contributed by atoms with E-state index in [4.69, 9.17) is 10.7 Å². The summed E-state index contributed by atoms with van der Waals surface area (Å²) in [4.78, 5) is 10.7. The van der Waals surface area contributed by atoms with Gasteiger partial charge < -0.3 is 9.47 Å². The van der Waals surface area contributed by atoms with Crippen LogP contribution in [0.25, 0.3) is 0 Å². The van der Waals surface area contributed by atoms with Crippen molar-refractivity contribution in [2.24, 2.45) is 0 Å². The molecule has 0 aliphatic rings. The third kappa shape index (κ3) is 4.28. The molecule has 19 heavy (non-hydrogen) atoms. The smallest absolute Gasteiger partial charge is 0.465 e. The topological polar surface area (TPSA) is 69.7 Å². The molecule has 106 valence electrons. The van der Waals surface area contributed by atoms with Gasteiger partial charge in [-0.15, -0.1) is 13.2 Å². The first-order chi connectivity index (χ1) is 8.54. The van der Waals surface area contributed by atoms with E-state index in [9.17, 15) is 26.4 Å². The van der Waals surface area contributed by atoms with E-state index in [0.717, 1.165) is 13.2 Å². The van der Waals surface area contributed by atoms with Gasteiger partial charge in [0.25, 0.3) is 9.05 Å². The fourth-order valence-corrected chi connectivity index (χ4v) is 1.92. The number of ether oxygens (including phenoxy) is 2. The number of carbonyl (C=O) groups is 1. The van der Waals surface area contributed by atoms with Crippen molar-refractivity contribution in [3.63, 3.8) is 0 Å². The predicted molar refractivity (Wildman–Crippen MR) is 57.5 cm³/mol. The van der Waals surface area contributed by atoms with E-state index >= 15 is 0 Å². The highest BCUT2D eigenvalue weighted by Crippen LogP contribution is 2.29. The number of halogens is 4. The second kappa shape index (κ2) is 5.25. The summed E-state index contributed by atoms with van der Waals surface area (Å²) in [5, 5.41) is 0. The Morgan fingerprint density at radius 1 is 1.32 bits per heavy atom. The van der Waals surface area contributed by atoms with Crippen LogP contribution in [0.15, 0.2) is 23.1 Å². The minimum atomic E-state index is -5.04. The van der Waals surface area contributed by atoms with Crippen LogP contribution in [0, 0.1) is 0 Å². The molecule has 1 aromatic carbocycles. The molecule has 10 heteroatoms. The minimum absolute atomic E-state index is 0.552. The Kier molecular flexibility index (Phi) is 4.31. The zero-order chi connectivity index (χ0) is 14.8. The van der Waals surface area contributed by atoms with Crippen molar-refractivity contribution >= 4 is 25.7 Å². The molecule has 0 N–H and O–H groups in total. The van der Waals surface area contributed by atoms with Gasteiger partial charge in [0, 0.05) is 10.7 Å². The highest BCUT2D eigenvalue weighted by Gasteiger charge is 2.33. The van der Waals surface area contributed by atoms with E-state index in [0.29, 0.717) is 12.1 Å². The Bertz CT molecular complexity index is 596. The molecule has 0 fully saturated rings. The summed E-state index contributed by atoms with van der Waals surface area (Å²) in [6, 6.07) is 2.07. The first-order valence-electron chi connectivity index (χ1n) is 4.47. The SMILES string of the molecule is COC(=O)c1cc(S(=O)(=O)Cl)ccc1OC(F)(F)F. The Morgan fingerprint density at radius 2 is 1.89 bits per heavy atom. The average Bonchev–Trinajstić information content (AvgIpc) is 2.25. The number of alkyl halides is 3. The van der Waals surface area contributed by atoms with Crippen molar-refractivity contribution in [3.05, 3.63) is 23.8 Å². The lowest BCUT2D eigenvalue weighted by Crippen LogP contribution is -2.19. The summed E-state index contributed by atoms with van der Waals surface area (Å²) in [6.07, 6.45) is -5.04. The average molecular weight is 319 g/mol. The maximum atomic E-state index is 12.1. The molecule has 0 radical (unpaired) electrons. The summed E-state index contributed by atoms with van der Waals surface area (Å²) in [6.45, 7) is 0. The van der Waals surface area contributed by atoms with Gasteiger partial charge in [-0.2, -0.15) is 0 Å². The fourth-order valence-electron chi connectivity index (χ4n) is 1.14. The second-order valence-corrected chi connectivity index (χ2v) is 5.70. The molecule has 0 unspecified atom stereocenters. The van der Waals surface area contributed by atoms with Gasteiger partial charge >= 0.3 is 12.3 Å². The lowest BCUT2D eigenvalue weighted by Gasteiger charge is -2.12. The van der Waals surface area contributed by atoms with Crippen LogP contribution in [-0.4, -0.2) is 27.9 Å². The molecule has 0 amide bonds. The van der Waals surface area contributed by atoms with E-state index in [-0.39, 0.29) is 0 Å². The second-order valence-electron chi connectivity index (χ2n) is 3.14. The van der Waals surface area contributed by atoms with E-state index < -0.39 is 37.6 Å². The van der Waals surface area contributed by atoms with Crippen LogP contribution >= 0.6 is 10.7 Å². The van der Waals surface area contributed by atoms with Crippen LogP contribution in [-0.2, 0) is 13.8 Å². The van der Waals surface area contributed by atoms with Crippen LogP contribution in [0.3, 0.4) is 0 Å². The van der Waals surface area contributed by atoms with Gasteiger partial charge in [-0.25, -0.2) is 13.2 Å². The maximum Gasteiger partial charge on any atom is 0.573 e. The molecule has 0 atom stereocenters. The van der Waals surface area contributed by atoms with Gasteiger partial charge in [0.05, 0.1) is 12.0 Å². The number of methoxy groups -OCH3 is 1. The summed E-state index contributed by atoms with van der Waals surface area (Å²) in [5.41, 5.74) is -0.707. The molecular formula is C9H6ClF3O5S. The molecule has 0 aliphatic carbocycles. The van der Waals surface area contributed by atoms with Crippen molar-refractivity contribution < 1.29 is 35.9 Å². The number of hydrogen-bond donors (Lipinski definition) is 0. The highest BCUT2D eigenvalue weighted by molar-refractivity contribution is 8.13. The molecule has 0 saturated heterocycles.